The Morgan fingerprint density at radius 3 is 2.07 bits per heavy atom. The zero-order valence-electron chi connectivity index (χ0n) is 15.4. The molecule has 0 aromatic heterocycles. The molecule has 0 bridgehead atoms. The summed E-state index contributed by atoms with van der Waals surface area (Å²) in [6, 6.07) is 11.7. The monoisotopic (exact) mass is 403 g/mol. The van der Waals surface area contributed by atoms with Crippen molar-refractivity contribution in [2.75, 3.05) is 38.1 Å². The maximum absolute atomic E-state index is 13.6. The van der Waals surface area contributed by atoms with Gasteiger partial charge in [0.2, 0.25) is 0 Å². The molecule has 1 heterocycles. The third-order valence-corrected chi connectivity index (χ3v) is 4.44. The Balaban J connectivity index is 1.46. The quantitative estimate of drug-likeness (QED) is 0.796. The van der Waals surface area contributed by atoms with Gasteiger partial charge in [0.1, 0.15) is 17.2 Å². The lowest BCUT2D eigenvalue weighted by atomic mass is 10.2. The highest BCUT2D eigenvalue weighted by Gasteiger charge is 2.26. The standard InChI is InChI=1S/C20H19F2N3O4/c21-15-7-4-8-16(22)18(15)19(27)29-13-17(26)24-9-11-25(12-10-24)20(28)23-14-5-2-1-3-6-14/h1-8H,9-13H2,(H,23,28). The van der Waals surface area contributed by atoms with Crippen molar-refractivity contribution >= 4 is 23.6 Å². The Hall–Kier alpha value is -3.49. The van der Waals surface area contributed by atoms with Crippen LogP contribution in [0.5, 0.6) is 0 Å². The molecule has 29 heavy (non-hydrogen) atoms. The molecule has 0 atom stereocenters. The number of carbonyl (C=O) groups is 3. The van der Waals surface area contributed by atoms with E-state index < -0.39 is 35.7 Å². The van der Waals surface area contributed by atoms with Crippen LogP contribution in [0.15, 0.2) is 48.5 Å². The zero-order valence-corrected chi connectivity index (χ0v) is 15.4. The number of nitrogens with one attached hydrogen (secondary N) is 1. The molecule has 3 rings (SSSR count). The third-order valence-electron chi connectivity index (χ3n) is 4.44. The lowest BCUT2D eigenvalue weighted by Gasteiger charge is -2.34. The van der Waals surface area contributed by atoms with Crippen molar-refractivity contribution in [1.82, 2.24) is 9.80 Å². The first-order chi connectivity index (χ1) is 14.0. The van der Waals surface area contributed by atoms with Crippen molar-refractivity contribution in [2.45, 2.75) is 0 Å². The van der Waals surface area contributed by atoms with E-state index in [0.717, 1.165) is 18.2 Å². The highest BCUT2D eigenvalue weighted by Crippen LogP contribution is 2.14. The summed E-state index contributed by atoms with van der Waals surface area (Å²) in [6.45, 7) is 0.489. The summed E-state index contributed by atoms with van der Waals surface area (Å²) in [5, 5.41) is 2.77. The Morgan fingerprint density at radius 2 is 1.45 bits per heavy atom. The molecule has 1 saturated heterocycles. The Morgan fingerprint density at radius 1 is 0.862 bits per heavy atom. The number of nitrogens with zero attached hydrogens (tertiary/aromatic N) is 2. The molecule has 2 aromatic rings. The van der Waals surface area contributed by atoms with Gasteiger partial charge < -0.3 is 19.9 Å². The van der Waals surface area contributed by atoms with Crippen LogP contribution in [-0.2, 0) is 9.53 Å². The minimum absolute atomic E-state index is 0.257. The van der Waals surface area contributed by atoms with E-state index in [1.54, 1.807) is 29.2 Å². The smallest absolute Gasteiger partial charge is 0.344 e. The SMILES string of the molecule is O=C(OCC(=O)N1CCN(C(=O)Nc2ccccc2)CC1)c1c(F)cccc1F. The number of halogens is 2. The van der Waals surface area contributed by atoms with E-state index in [-0.39, 0.29) is 19.1 Å². The first-order valence-electron chi connectivity index (χ1n) is 8.95. The summed E-state index contributed by atoms with van der Waals surface area (Å²) in [5.41, 5.74) is -0.161. The van der Waals surface area contributed by atoms with Crippen molar-refractivity contribution in [2.24, 2.45) is 0 Å². The average molecular weight is 403 g/mol. The number of esters is 1. The topological polar surface area (TPSA) is 79.0 Å². The lowest BCUT2D eigenvalue weighted by molar-refractivity contribution is -0.135. The number of carbonyl (C=O) groups excluding carboxylic acids is 3. The minimum Gasteiger partial charge on any atom is -0.452 e. The second-order valence-electron chi connectivity index (χ2n) is 6.34. The van der Waals surface area contributed by atoms with Crippen molar-refractivity contribution in [3.8, 4) is 0 Å². The summed E-state index contributed by atoms with van der Waals surface area (Å²) in [7, 11) is 0. The lowest BCUT2D eigenvalue weighted by Crippen LogP contribution is -2.52. The number of benzene rings is 2. The Bertz CT molecular complexity index is 880. The predicted octanol–water partition coefficient (Wildman–Crippen LogP) is 2.50. The van der Waals surface area contributed by atoms with Crippen molar-refractivity contribution < 1.29 is 27.9 Å². The van der Waals surface area contributed by atoms with E-state index >= 15 is 0 Å². The van der Waals surface area contributed by atoms with Gasteiger partial charge in [0.05, 0.1) is 0 Å². The van der Waals surface area contributed by atoms with Crippen molar-refractivity contribution in [3.05, 3.63) is 65.7 Å². The third kappa shape index (κ3) is 5.07. The van der Waals surface area contributed by atoms with Gasteiger partial charge in [-0.1, -0.05) is 24.3 Å². The summed E-state index contributed by atoms with van der Waals surface area (Å²) in [5.74, 6) is -3.85. The maximum atomic E-state index is 13.6. The fourth-order valence-corrected chi connectivity index (χ4v) is 2.87. The molecule has 9 heteroatoms. The normalized spacial score (nSPS) is 13.7. The number of anilines is 1. The van der Waals surface area contributed by atoms with E-state index in [4.69, 9.17) is 4.74 Å². The molecule has 2 aromatic carbocycles. The van der Waals surface area contributed by atoms with Crippen LogP contribution >= 0.6 is 0 Å². The number of piperazine rings is 1. The van der Waals surface area contributed by atoms with Crippen LogP contribution in [-0.4, -0.2) is 60.5 Å². The highest BCUT2D eigenvalue weighted by molar-refractivity contribution is 5.92. The first-order valence-corrected chi connectivity index (χ1v) is 8.95. The van der Waals surface area contributed by atoms with Crippen molar-refractivity contribution in [3.63, 3.8) is 0 Å². The molecule has 0 spiro atoms. The van der Waals surface area contributed by atoms with E-state index in [9.17, 15) is 23.2 Å². The number of rotatable bonds is 4. The van der Waals surface area contributed by atoms with Crippen LogP contribution in [0.3, 0.4) is 0 Å². The van der Waals surface area contributed by atoms with Gasteiger partial charge in [-0.25, -0.2) is 18.4 Å². The largest absolute Gasteiger partial charge is 0.452 e. The van der Waals surface area contributed by atoms with Gasteiger partial charge >= 0.3 is 12.0 Å². The molecule has 0 radical (unpaired) electrons. The molecule has 1 aliphatic rings. The van der Waals surface area contributed by atoms with Gasteiger partial charge in [0, 0.05) is 31.9 Å². The van der Waals surface area contributed by atoms with Gasteiger partial charge in [-0.15, -0.1) is 0 Å². The fraction of sp³-hybridized carbons (Fsp3) is 0.250. The molecule has 0 aliphatic carbocycles. The van der Waals surface area contributed by atoms with Gasteiger partial charge in [-0.05, 0) is 24.3 Å². The number of para-hydroxylation sites is 1. The average Bonchev–Trinajstić information content (AvgIpc) is 2.72. The second kappa shape index (κ2) is 9.13. The minimum atomic E-state index is -1.24. The molecule has 3 amide bonds. The molecule has 7 nitrogen and oxygen atoms in total. The number of amides is 3. The van der Waals surface area contributed by atoms with Crippen LogP contribution in [0.1, 0.15) is 10.4 Å². The van der Waals surface area contributed by atoms with Crippen LogP contribution < -0.4 is 5.32 Å². The van der Waals surface area contributed by atoms with E-state index in [2.05, 4.69) is 5.32 Å². The number of hydrogen-bond acceptors (Lipinski definition) is 4. The number of hydrogen-bond donors (Lipinski definition) is 1. The summed E-state index contributed by atoms with van der Waals surface area (Å²) < 4.78 is 31.9. The molecule has 1 N–H and O–H groups in total. The molecular formula is C20H19F2N3O4. The van der Waals surface area contributed by atoms with Gasteiger partial charge in [0.25, 0.3) is 5.91 Å². The van der Waals surface area contributed by atoms with Crippen LogP contribution in [0, 0.1) is 11.6 Å². The van der Waals surface area contributed by atoms with Crippen LogP contribution in [0.25, 0.3) is 0 Å². The van der Waals surface area contributed by atoms with Crippen molar-refractivity contribution in [1.29, 1.82) is 0 Å². The van der Waals surface area contributed by atoms with Crippen LogP contribution in [0.4, 0.5) is 19.3 Å². The first kappa shape index (κ1) is 20.2. The summed E-state index contributed by atoms with van der Waals surface area (Å²) in [4.78, 5) is 39.3. The fourth-order valence-electron chi connectivity index (χ4n) is 2.87. The highest BCUT2D eigenvalue weighted by atomic mass is 19.1. The molecular weight excluding hydrogens is 384 g/mol. The zero-order chi connectivity index (χ0) is 20.8. The molecule has 1 aliphatic heterocycles. The maximum Gasteiger partial charge on any atom is 0.344 e. The van der Waals surface area contributed by atoms with Crippen LogP contribution in [0.2, 0.25) is 0 Å². The van der Waals surface area contributed by atoms with E-state index in [1.165, 1.54) is 4.90 Å². The van der Waals surface area contributed by atoms with Gasteiger partial charge in [0.15, 0.2) is 6.61 Å². The number of ether oxygens (including phenoxy) is 1. The van der Waals surface area contributed by atoms with Gasteiger partial charge in [-0.2, -0.15) is 0 Å². The van der Waals surface area contributed by atoms with E-state index in [1.807, 2.05) is 6.07 Å². The molecule has 152 valence electrons. The summed E-state index contributed by atoms with van der Waals surface area (Å²) >= 11 is 0. The molecule has 0 saturated carbocycles. The molecule has 0 unspecified atom stereocenters. The number of urea groups is 1. The Kier molecular flexibility index (Phi) is 6.38. The van der Waals surface area contributed by atoms with E-state index in [0.29, 0.717) is 18.8 Å². The predicted molar refractivity (Wildman–Crippen MR) is 100 cm³/mol. The van der Waals surface area contributed by atoms with Gasteiger partial charge in [-0.3, -0.25) is 4.79 Å². The molecule has 1 fully saturated rings. The summed E-state index contributed by atoms with van der Waals surface area (Å²) in [6.07, 6.45) is 0. The second-order valence-corrected chi connectivity index (χ2v) is 6.34. The Labute approximate surface area is 165 Å².